The number of ether oxygens (including phenoxy) is 1. The molecule has 146 valence electrons. The quantitative estimate of drug-likeness (QED) is 0.190. The lowest BCUT2D eigenvalue weighted by atomic mass is 10.0. The van der Waals surface area contributed by atoms with E-state index >= 15 is 0 Å². The molecule has 1 amide bonds. The number of carbonyl (C=O) groups is 3. The average Bonchev–Trinajstić information content (AvgIpc) is 2.59. The minimum atomic E-state index is -1.83. The van der Waals surface area contributed by atoms with E-state index in [9.17, 15) is 19.5 Å². The number of anilines is 1. The number of aliphatic hydroxyl groups excluding tert-OH is 4. The third kappa shape index (κ3) is 9.69. The molecule has 6 N–H and O–H groups in total. The highest BCUT2D eigenvalue weighted by Gasteiger charge is 2.30. The summed E-state index contributed by atoms with van der Waals surface area (Å²) in [5.41, 5.74) is 0.690. The summed E-state index contributed by atoms with van der Waals surface area (Å²) < 4.78 is 4.36. The Morgan fingerprint density at radius 2 is 1.62 bits per heavy atom. The van der Waals surface area contributed by atoms with E-state index in [0.717, 1.165) is 6.92 Å². The van der Waals surface area contributed by atoms with Crippen molar-refractivity contribution in [2.45, 2.75) is 38.3 Å². The number of nitrogens with one attached hydrogen (secondary N) is 1. The number of phenols is 1. The Balaban J connectivity index is 0.000000502. The van der Waals surface area contributed by atoms with Gasteiger partial charge in [0.2, 0.25) is 5.91 Å². The van der Waals surface area contributed by atoms with Gasteiger partial charge in [-0.1, -0.05) is 0 Å². The number of benzene rings is 1. The van der Waals surface area contributed by atoms with E-state index in [1.54, 1.807) is 12.1 Å². The van der Waals surface area contributed by atoms with Crippen LogP contribution < -0.4 is 5.32 Å². The zero-order valence-electron chi connectivity index (χ0n) is 14.3. The molecular formula is C16H23NO9. The van der Waals surface area contributed by atoms with Crippen molar-refractivity contribution in [2.24, 2.45) is 0 Å². The molecular weight excluding hydrogens is 350 g/mol. The first-order valence-electron chi connectivity index (χ1n) is 7.46. The second-order valence-electron chi connectivity index (χ2n) is 5.21. The Morgan fingerprint density at radius 1 is 1.08 bits per heavy atom. The lowest BCUT2D eigenvalue weighted by Gasteiger charge is -2.23. The fraction of sp³-hybridized carbons (Fsp3) is 0.438. The van der Waals surface area contributed by atoms with E-state index in [1.807, 2.05) is 0 Å². The van der Waals surface area contributed by atoms with Gasteiger partial charge in [-0.25, -0.2) is 0 Å². The van der Waals surface area contributed by atoms with E-state index in [1.165, 1.54) is 19.1 Å². The number of esters is 1. The molecule has 0 heterocycles. The Bertz CT molecular complexity index is 576. The molecule has 0 radical (unpaired) electrons. The summed E-state index contributed by atoms with van der Waals surface area (Å²) >= 11 is 0. The van der Waals surface area contributed by atoms with Gasteiger partial charge >= 0.3 is 5.97 Å². The molecule has 1 aromatic carbocycles. The molecule has 0 bridgehead atoms. The summed E-state index contributed by atoms with van der Waals surface area (Å²) in [6, 6.07) is 6.31. The van der Waals surface area contributed by atoms with Gasteiger partial charge in [-0.3, -0.25) is 9.59 Å². The van der Waals surface area contributed by atoms with Gasteiger partial charge in [-0.05, 0) is 24.3 Å². The summed E-state index contributed by atoms with van der Waals surface area (Å²) in [5.74, 6) is -0.582. The summed E-state index contributed by atoms with van der Waals surface area (Å²) in [6.07, 6.45) is -6.95. The average molecular weight is 373 g/mol. The topological polar surface area (TPSA) is 174 Å². The predicted octanol–water partition coefficient (Wildman–Crippen LogP) is -1.46. The molecule has 0 aliphatic heterocycles. The van der Waals surface area contributed by atoms with E-state index in [2.05, 4.69) is 10.1 Å². The van der Waals surface area contributed by atoms with Crippen LogP contribution in [0.3, 0.4) is 0 Å². The molecule has 0 saturated heterocycles. The van der Waals surface area contributed by atoms with Gasteiger partial charge < -0.3 is 40.4 Å². The van der Waals surface area contributed by atoms with Gasteiger partial charge in [0.1, 0.15) is 36.8 Å². The largest absolute Gasteiger partial charge is 0.508 e. The lowest BCUT2D eigenvalue weighted by Crippen LogP contribution is -2.46. The number of aliphatic hydroxyl groups is 4. The van der Waals surface area contributed by atoms with Crippen LogP contribution in [0.15, 0.2) is 24.3 Å². The highest BCUT2D eigenvalue weighted by Crippen LogP contribution is 2.13. The number of aldehydes is 1. The number of phenolic OH excluding ortho intramolecular Hbond substituents is 1. The molecule has 4 atom stereocenters. The summed E-state index contributed by atoms with van der Waals surface area (Å²) in [6.45, 7) is 2.02. The maximum absolute atomic E-state index is 10.5. The highest BCUT2D eigenvalue weighted by atomic mass is 16.5. The zero-order chi connectivity index (χ0) is 20.3. The second-order valence-corrected chi connectivity index (χ2v) is 5.21. The van der Waals surface area contributed by atoms with Crippen LogP contribution >= 0.6 is 0 Å². The standard InChI is InChI=1S/C8H9NO2.C8H14O7/c1-6(10)9-7-2-4-8(11)5-3-7;1-4(10)15-3-6(12)8(14)7(13)5(11)2-9/h2-5,11H,1H3,(H,9,10);2,5-8,11-14H,3H2,1H3/t;5-,6-,7-,8-/m.1/s1. The molecule has 0 spiro atoms. The van der Waals surface area contributed by atoms with Crippen LogP contribution in [0.2, 0.25) is 0 Å². The predicted molar refractivity (Wildman–Crippen MR) is 89.1 cm³/mol. The van der Waals surface area contributed by atoms with Crippen molar-refractivity contribution in [1.29, 1.82) is 0 Å². The zero-order valence-corrected chi connectivity index (χ0v) is 14.3. The smallest absolute Gasteiger partial charge is 0.302 e. The highest BCUT2D eigenvalue weighted by molar-refractivity contribution is 5.88. The fourth-order valence-corrected chi connectivity index (χ4v) is 1.56. The molecule has 1 aromatic rings. The first kappa shape index (κ1) is 23.5. The van der Waals surface area contributed by atoms with Crippen LogP contribution in [0, 0.1) is 0 Å². The minimum absolute atomic E-state index is 0.0203. The number of hydrogen-bond acceptors (Lipinski definition) is 9. The van der Waals surface area contributed by atoms with Crippen molar-refractivity contribution in [3.63, 3.8) is 0 Å². The molecule has 0 aromatic heterocycles. The number of hydrogen-bond donors (Lipinski definition) is 6. The Labute approximate surface area is 149 Å². The Hall–Kier alpha value is -2.53. The first-order chi connectivity index (χ1) is 12.1. The Morgan fingerprint density at radius 3 is 2.04 bits per heavy atom. The van der Waals surface area contributed by atoms with E-state index in [0.29, 0.717) is 5.69 Å². The van der Waals surface area contributed by atoms with Gasteiger partial charge in [0, 0.05) is 19.5 Å². The van der Waals surface area contributed by atoms with Gasteiger partial charge in [-0.2, -0.15) is 0 Å². The fourth-order valence-electron chi connectivity index (χ4n) is 1.56. The number of rotatable bonds is 7. The maximum Gasteiger partial charge on any atom is 0.302 e. The van der Waals surface area contributed by atoms with Gasteiger partial charge in [0.15, 0.2) is 6.29 Å². The van der Waals surface area contributed by atoms with Crippen molar-refractivity contribution in [1.82, 2.24) is 0 Å². The Kier molecular flexibility index (Phi) is 10.8. The molecule has 10 nitrogen and oxygen atoms in total. The second kappa shape index (κ2) is 11.9. The van der Waals surface area contributed by atoms with Crippen molar-refractivity contribution in [3.8, 4) is 5.75 Å². The van der Waals surface area contributed by atoms with Crippen molar-refractivity contribution >= 4 is 23.9 Å². The van der Waals surface area contributed by atoms with E-state index in [4.69, 9.17) is 20.4 Å². The van der Waals surface area contributed by atoms with Crippen molar-refractivity contribution in [2.75, 3.05) is 11.9 Å². The molecule has 0 unspecified atom stereocenters. The van der Waals surface area contributed by atoms with Gasteiger partial charge in [0.05, 0.1) is 0 Å². The normalized spacial score (nSPS) is 14.7. The van der Waals surface area contributed by atoms with Gasteiger partial charge in [-0.15, -0.1) is 0 Å². The minimum Gasteiger partial charge on any atom is -0.508 e. The number of amides is 1. The molecule has 1 rings (SSSR count). The number of carbonyl (C=O) groups excluding carboxylic acids is 3. The summed E-state index contributed by atoms with van der Waals surface area (Å²) in [4.78, 5) is 30.9. The van der Waals surface area contributed by atoms with Crippen LogP contribution in [-0.4, -0.2) is 74.7 Å². The third-order valence-corrected chi connectivity index (χ3v) is 2.88. The van der Waals surface area contributed by atoms with Crippen LogP contribution in [0.5, 0.6) is 5.75 Å². The lowest BCUT2D eigenvalue weighted by molar-refractivity contribution is -0.154. The third-order valence-electron chi connectivity index (χ3n) is 2.88. The van der Waals surface area contributed by atoms with E-state index < -0.39 is 37.0 Å². The molecule has 0 aliphatic rings. The molecule has 10 heteroatoms. The van der Waals surface area contributed by atoms with Crippen molar-refractivity contribution < 1.29 is 44.7 Å². The van der Waals surface area contributed by atoms with Crippen molar-refractivity contribution in [3.05, 3.63) is 24.3 Å². The summed E-state index contributed by atoms with van der Waals surface area (Å²) in [7, 11) is 0. The monoisotopic (exact) mass is 373 g/mol. The SMILES string of the molecule is CC(=O)Nc1ccc(O)cc1.CC(=O)OC[C@@H](O)[C@@H](O)[C@H](O)[C@H](O)C=O. The first-order valence-corrected chi connectivity index (χ1v) is 7.46. The summed E-state index contributed by atoms with van der Waals surface area (Å²) in [5, 5.41) is 47.7. The van der Waals surface area contributed by atoms with Gasteiger partial charge in [0.25, 0.3) is 0 Å². The maximum atomic E-state index is 10.5. The van der Waals surface area contributed by atoms with Crippen LogP contribution in [-0.2, 0) is 19.1 Å². The molecule has 0 saturated carbocycles. The van der Waals surface area contributed by atoms with Crippen LogP contribution in [0.25, 0.3) is 0 Å². The van der Waals surface area contributed by atoms with E-state index in [-0.39, 0.29) is 17.9 Å². The van der Waals surface area contributed by atoms with Crippen LogP contribution in [0.1, 0.15) is 13.8 Å². The molecule has 26 heavy (non-hydrogen) atoms. The van der Waals surface area contributed by atoms with Crippen LogP contribution in [0.4, 0.5) is 5.69 Å². The molecule has 0 fully saturated rings. The number of aromatic hydroxyl groups is 1. The molecule has 0 aliphatic carbocycles.